The van der Waals surface area contributed by atoms with Crippen molar-refractivity contribution in [1.29, 1.82) is 0 Å². The minimum Gasteiger partial charge on any atom is -0.381 e. The second-order valence-electron chi connectivity index (χ2n) is 6.11. The third-order valence-electron chi connectivity index (χ3n) is 3.78. The van der Waals surface area contributed by atoms with Gasteiger partial charge in [-0.05, 0) is 42.5 Å². The van der Waals surface area contributed by atoms with Gasteiger partial charge in [0, 0.05) is 24.1 Å². The maximum atomic E-state index is 12.3. The van der Waals surface area contributed by atoms with Crippen molar-refractivity contribution < 1.29 is 4.79 Å². The number of rotatable bonds is 5. The molecule has 1 aliphatic rings. The number of carbonyl (C=O) groups is 1. The third-order valence-corrected chi connectivity index (χ3v) is 3.78. The number of hydrogen-bond donors (Lipinski definition) is 2. The lowest BCUT2D eigenvalue weighted by molar-refractivity contribution is 0.102. The standard InChI is InChI=1S/C18H21N3O/c1-12(2)13-3-5-16(6-4-13)21-18(22)14-9-17(11-19-10-14)20-15-7-8-15/h3-6,9-12,15,20H,7-8H2,1-2H3,(H,21,22). The zero-order chi connectivity index (χ0) is 15.5. The summed E-state index contributed by atoms with van der Waals surface area (Å²) in [6.07, 6.45) is 5.74. The van der Waals surface area contributed by atoms with Crippen molar-refractivity contribution in [3.05, 3.63) is 53.9 Å². The van der Waals surface area contributed by atoms with Gasteiger partial charge in [-0.15, -0.1) is 0 Å². The molecule has 1 amide bonds. The van der Waals surface area contributed by atoms with E-state index in [9.17, 15) is 4.79 Å². The summed E-state index contributed by atoms with van der Waals surface area (Å²) in [7, 11) is 0. The molecular weight excluding hydrogens is 274 g/mol. The second-order valence-corrected chi connectivity index (χ2v) is 6.11. The van der Waals surface area contributed by atoms with Crippen molar-refractivity contribution in [2.75, 3.05) is 10.6 Å². The molecule has 1 aromatic heterocycles. The number of nitrogens with one attached hydrogen (secondary N) is 2. The predicted molar refractivity (Wildman–Crippen MR) is 89.4 cm³/mol. The summed E-state index contributed by atoms with van der Waals surface area (Å²) in [6.45, 7) is 4.30. The van der Waals surface area contributed by atoms with Crippen LogP contribution in [0.5, 0.6) is 0 Å². The first kappa shape index (κ1) is 14.6. The number of benzene rings is 1. The van der Waals surface area contributed by atoms with E-state index in [1.165, 1.54) is 18.4 Å². The molecule has 0 bridgehead atoms. The van der Waals surface area contributed by atoms with Gasteiger partial charge in [-0.25, -0.2) is 0 Å². The van der Waals surface area contributed by atoms with Crippen molar-refractivity contribution >= 4 is 17.3 Å². The van der Waals surface area contributed by atoms with Gasteiger partial charge in [-0.2, -0.15) is 0 Å². The molecule has 114 valence electrons. The molecule has 1 saturated carbocycles. The van der Waals surface area contributed by atoms with Gasteiger partial charge in [0.2, 0.25) is 0 Å². The molecule has 0 spiro atoms. The quantitative estimate of drug-likeness (QED) is 0.875. The Labute approximate surface area is 131 Å². The molecule has 0 unspecified atom stereocenters. The minimum absolute atomic E-state index is 0.135. The van der Waals surface area contributed by atoms with E-state index in [-0.39, 0.29) is 5.91 Å². The molecule has 2 N–H and O–H groups in total. The first-order chi connectivity index (χ1) is 10.6. The zero-order valence-corrected chi connectivity index (χ0v) is 13.0. The lowest BCUT2D eigenvalue weighted by Crippen LogP contribution is -2.13. The maximum absolute atomic E-state index is 12.3. The van der Waals surface area contributed by atoms with Crippen LogP contribution in [0.3, 0.4) is 0 Å². The van der Waals surface area contributed by atoms with Crippen molar-refractivity contribution in [2.45, 2.75) is 38.6 Å². The summed E-state index contributed by atoms with van der Waals surface area (Å²) in [6, 6.07) is 10.4. The summed E-state index contributed by atoms with van der Waals surface area (Å²) in [5.74, 6) is 0.350. The maximum Gasteiger partial charge on any atom is 0.257 e. The molecule has 0 atom stereocenters. The normalized spacial score (nSPS) is 14.0. The van der Waals surface area contributed by atoms with Crippen LogP contribution in [-0.2, 0) is 0 Å². The number of anilines is 2. The first-order valence-electron chi connectivity index (χ1n) is 7.75. The lowest BCUT2D eigenvalue weighted by Gasteiger charge is -2.09. The van der Waals surface area contributed by atoms with Crippen LogP contribution in [-0.4, -0.2) is 16.9 Å². The predicted octanol–water partition coefficient (Wildman–Crippen LogP) is 4.03. The van der Waals surface area contributed by atoms with E-state index in [4.69, 9.17) is 0 Å². The van der Waals surface area contributed by atoms with Gasteiger partial charge in [0.1, 0.15) is 0 Å². The van der Waals surface area contributed by atoms with Crippen LogP contribution in [0.1, 0.15) is 48.5 Å². The monoisotopic (exact) mass is 295 g/mol. The SMILES string of the molecule is CC(C)c1ccc(NC(=O)c2cncc(NC3CC3)c2)cc1. The van der Waals surface area contributed by atoms with E-state index in [1.54, 1.807) is 12.4 Å². The van der Waals surface area contributed by atoms with Crippen LogP contribution in [0, 0.1) is 0 Å². The van der Waals surface area contributed by atoms with Gasteiger partial charge in [0.25, 0.3) is 5.91 Å². The Hall–Kier alpha value is -2.36. The number of carbonyl (C=O) groups excluding carboxylic acids is 1. The fraction of sp³-hybridized carbons (Fsp3) is 0.333. The van der Waals surface area contributed by atoms with Crippen molar-refractivity contribution in [3.8, 4) is 0 Å². The molecule has 0 saturated heterocycles. The summed E-state index contributed by atoms with van der Waals surface area (Å²) >= 11 is 0. The minimum atomic E-state index is -0.135. The van der Waals surface area contributed by atoms with Crippen LogP contribution in [0.25, 0.3) is 0 Å². The van der Waals surface area contributed by atoms with E-state index in [2.05, 4.69) is 29.5 Å². The third kappa shape index (κ3) is 3.64. The molecule has 1 heterocycles. The van der Waals surface area contributed by atoms with Gasteiger partial charge < -0.3 is 10.6 Å². The van der Waals surface area contributed by atoms with Gasteiger partial charge in [-0.1, -0.05) is 26.0 Å². The highest BCUT2D eigenvalue weighted by molar-refractivity contribution is 6.04. The van der Waals surface area contributed by atoms with E-state index >= 15 is 0 Å². The van der Waals surface area contributed by atoms with Crippen LogP contribution < -0.4 is 10.6 Å². The van der Waals surface area contributed by atoms with E-state index in [0.717, 1.165) is 11.4 Å². The average molecular weight is 295 g/mol. The Morgan fingerprint density at radius 2 is 1.86 bits per heavy atom. The zero-order valence-electron chi connectivity index (χ0n) is 13.0. The van der Waals surface area contributed by atoms with E-state index in [1.807, 2.05) is 30.3 Å². The second kappa shape index (κ2) is 6.18. The van der Waals surface area contributed by atoms with E-state index in [0.29, 0.717) is 17.5 Å². The van der Waals surface area contributed by atoms with Crippen LogP contribution in [0.15, 0.2) is 42.7 Å². The van der Waals surface area contributed by atoms with Crippen LogP contribution in [0.4, 0.5) is 11.4 Å². The Bertz CT molecular complexity index is 660. The highest BCUT2D eigenvalue weighted by Gasteiger charge is 2.21. The fourth-order valence-electron chi connectivity index (χ4n) is 2.26. The molecule has 3 rings (SSSR count). The Morgan fingerprint density at radius 1 is 1.14 bits per heavy atom. The molecule has 0 radical (unpaired) electrons. The molecule has 1 aromatic carbocycles. The smallest absolute Gasteiger partial charge is 0.257 e. The van der Waals surface area contributed by atoms with Gasteiger partial charge in [-0.3, -0.25) is 9.78 Å². The topological polar surface area (TPSA) is 54.0 Å². The number of nitrogens with zero attached hydrogens (tertiary/aromatic N) is 1. The number of aromatic nitrogens is 1. The molecular formula is C18H21N3O. The molecule has 0 aliphatic heterocycles. The first-order valence-corrected chi connectivity index (χ1v) is 7.75. The Morgan fingerprint density at radius 3 is 2.50 bits per heavy atom. The van der Waals surface area contributed by atoms with Crippen molar-refractivity contribution in [2.24, 2.45) is 0 Å². The molecule has 22 heavy (non-hydrogen) atoms. The number of amides is 1. The van der Waals surface area contributed by atoms with Crippen LogP contribution in [0.2, 0.25) is 0 Å². The largest absolute Gasteiger partial charge is 0.381 e. The molecule has 1 aliphatic carbocycles. The summed E-state index contributed by atoms with van der Waals surface area (Å²) in [5, 5.41) is 6.27. The van der Waals surface area contributed by atoms with Crippen molar-refractivity contribution in [3.63, 3.8) is 0 Å². The van der Waals surface area contributed by atoms with Gasteiger partial charge in [0.15, 0.2) is 0 Å². The number of hydrogen-bond acceptors (Lipinski definition) is 3. The highest BCUT2D eigenvalue weighted by atomic mass is 16.1. The molecule has 4 nitrogen and oxygen atoms in total. The Balaban J connectivity index is 1.68. The van der Waals surface area contributed by atoms with Gasteiger partial charge >= 0.3 is 0 Å². The molecule has 2 aromatic rings. The fourth-order valence-corrected chi connectivity index (χ4v) is 2.26. The van der Waals surface area contributed by atoms with E-state index < -0.39 is 0 Å². The summed E-state index contributed by atoms with van der Waals surface area (Å²) in [4.78, 5) is 16.4. The van der Waals surface area contributed by atoms with Gasteiger partial charge in [0.05, 0.1) is 11.3 Å². The lowest BCUT2D eigenvalue weighted by atomic mass is 10.0. The number of pyridine rings is 1. The summed E-state index contributed by atoms with van der Waals surface area (Å²) in [5.41, 5.74) is 3.54. The van der Waals surface area contributed by atoms with Crippen molar-refractivity contribution in [1.82, 2.24) is 4.98 Å². The Kier molecular flexibility index (Phi) is 4.09. The highest BCUT2D eigenvalue weighted by Crippen LogP contribution is 2.24. The summed E-state index contributed by atoms with van der Waals surface area (Å²) < 4.78 is 0. The van der Waals surface area contributed by atoms with Crippen LogP contribution >= 0.6 is 0 Å². The molecule has 4 heteroatoms. The average Bonchev–Trinajstić information content (AvgIpc) is 3.32. The molecule has 1 fully saturated rings.